The van der Waals surface area contributed by atoms with Crippen molar-refractivity contribution in [2.75, 3.05) is 44.4 Å². The third-order valence-electron chi connectivity index (χ3n) is 3.72. The van der Waals surface area contributed by atoms with Gasteiger partial charge in [-0.3, -0.25) is 0 Å². The van der Waals surface area contributed by atoms with Crippen molar-refractivity contribution in [3.8, 4) is 0 Å². The summed E-state index contributed by atoms with van der Waals surface area (Å²) in [6.45, 7) is 6.04. The quantitative estimate of drug-likeness (QED) is 0.762. The van der Waals surface area contributed by atoms with Gasteiger partial charge in [-0.1, -0.05) is 0 Å². The second-order valence-corrected chi connectivity index (χ2v) is 5.04. The molecule has 0 radical (unpaired) electrons. The van der Waals surface area contributed by atoms with E-state index in [2.05, 4.69) is 15.0 Å². The van der Waals surface area contributed by atoms with Crippen molar-refractivity contribution in [2.24, 2.45) is 5.73 Å². The molecule has 2 aliphatic heterocycles. The van der Waals surface area contributed by atoms with Crippen LogP contribution in [0.4, 0.5) is 5.95 Å². The normalized spacial score (nSPS) is 33.0. The lowest BCUT2D eigenvalue weighted by molar-refractivity contribution is 0.121. The monoisotopic (exact) mass is 254 g/mol. The SMILES string of the molecule is CC1(c2nc(N3CCOCC3)no2)COCC1N. The summed E-state index contributed by atoms with van der Waals surface area (Å²) in [5.41, 5.74) is 5.67. The molecular formula is C11H18N4O3. The number of hydrogen-bond acceptors (Lipinski definition) is 7. The summed E-state index contributed by atoms with van der Waals surface area (Å²) >= 11 is 0. The first-order valence-corrected chi connectivity index (χ1v) is 6.20. The Morgan fingerprint density at radius 3 is 2.78 bits per heavy atom. The summed E-state index contributed by atoms with van der Waals surface area (Å²) in [7, 11) is 0. The molecule has 2 atom stereocenters. The predicted molar refractivity (Wildman–Crippen MR) is 63.5 cm³/mol. The highest BCUT2D eigenvalue weighted by molar-refractivity contribution is 5.30. The highest BCUT2D eigenvalue weighted by atomic mass is 16.5. The van der Waals surface area contributed by atoms with Gasteiger partial charge in [-0.15, -0.1) is 0 Å². The van der Waals surface area contributed by atoms with Crippen LogP contribution >= 0.6 is 0 Å². The van der Waals surface area contributed by atoms with E-state index in [4.69, 9.17) is 19.7 Å². The first kappa shape index (κ1) is 11.9. The molecule has 3 rings (SSSR count). The van der Waals surface area contributed by atoms with Crippen molar-refractivity contribution in [1.82, 2.24) is 10.1 Å². The highest BCUT2D eigenvalue weighted by Gasteiger charge is 2.44. The Kier molecular flexibility index (Phi) is 2.96. The third kappa shape index (κ3) is 1.88. The zero-order valence-corrected chi connectivity index (χ0v) is 10.5. The Labute approximate surface area is 105 Å². The maximum Gasteiger partial charge on any atom is 0.266 e. The molecule has 7 nitrogen and oxygen atoms in total. The summed E-state index contributed by atoms with van der Waals surface area (Å²) in [5, 5.41) is 4.04. The molecule has 0 saturated carbocycles. The highest BCUT2D eigenvalue weighted by Crippen LogP contribution is 2.31. The summed E-state index contributed by atoms with van der Waals surface area (Å²) in [4.78, 5) is 6.53. The average Bonchev–Trinajstić information content (AvgIpc) is 3.00. The maximum atomic E-state index is 6.05. The molecule has 0 amide bonds. The van der Waals surface area contributed by atoms with Crippen LogP contribution in [-0.4, -0.2) is 55.7 Å². The fourth-order valence-electron chi connectivity index (χ4n) is 2.25. The van der Waals surface area contributed by atoms with E-state index < -0.39 is 0 Å². The third-order valence-corrected chi connectivity index (χ3v) is 3.72. The topological polar surface area (TPSA) is 86.6 Å². The van der Waals surface area contributed by atoms with E-state index in [0.29, 0.717) is 38.3 Å². The zero-order valence-electron chi connectivity index (χ0n) is 10.5. The van der Waals surface area contributed by atoms with Crippen molar-refractivity contribution in [3.05, 3.63) is 5.89 Å². The first-order valence-electron chi connectivity index (χ1n) is 6.20. The molecule has 2 unspecified atom stereocenters. The Hall–Kier alpha value is -1.18. The molecule has 2 fully saturated rings. The van der Waals surface area contributed by atoms with Gasteiger partial charge in [-0.25, -0.2) is 0 Å². The molecule has 2 saturated heterocycles. The molecule has 2 N–H and O–H groups in total. The van der Waals surface area contributed by atoms with Gasteiger partial charge in [0.1, 0.15) is 0 Å². The maximum absolute atomic E-state index is 6.05. The molecule has 18 heavy (non-hydrogen) atoms. The Morgan fingerprint density at radius 2 is 2.11 bits per heavy atom. The summed E-state index contributed by atoms with van der Waals surface area (Å²) in [5.74, 6) is 1.18. The number of morpholine rings is 1. The van der Waals surface area contributed by atoms with Crippen molar-refractivity contribution in [3.63, 3.8) is 0 Å². The van der Waals surface area contributed by atoms with Crippen molar-refractivity contribution >= 4 is 5.95 Å². The van der Waals surface area contributed by atoms with E-state index in [1.807, 2.05) is 6.92 Å². The lowest BCUT2D eigenvalue weighted by Gasteiger charge is -2.25. The molecule has 1 aromatic heterocycles. The minimum Gasteiger partial charge on any atom is -0.379 e. The van der Waals surface area contributed by atoms with Gasteiger partial charge in [0.25, 0.3) is 5.95 Å². The standard InChI is InChI=1S/C11H18N4O3/c1-11(7-17-6-8(11)12)9-13-10(14-18-9)15-2-4-16-5-3-15/h8H,2-7,12H2,1H3. The second-order valence-electron chi connectivity index (χ2n) is 5.04. The van der Waals surface area contributed by atoms with Gasteiger partial charge in [-0.2, -0.15) is 4.98 Å². The molecule has 1 aromatic rings. The van der Waals surface area contributed by atoms with E-state index in [0.717, 1.165) is 13.1 Å². The molecule has 0 aromatic carbocycles. The smallest absolute Gasteiger partial charge is 0.266 e. The first-order chi connectivity index (χ1) is 8.70. The predicted octanol–water partition coefficient (Wildman–Crippen LogP) is -0.479. The van der Waals surface area contributed by atoms with Crippen LogP contribution in [0.2, 0.25) is 0 Å². The van der Waals surface area contributed by atoms with Gasteiger partial charge in [0.15, 0.2) is 0 Å². The molecule has 100 valence electrons. The molecule has 0 aliphatic carbocycles. The van der Waals surface area contributed by atoms with Crippen LogP contribution in [0, 0.1) is 0 Å². The van der Waals surface area contributed by atoms with Gasteiger partial charge in [0.2, 0.25) is 5.89 Å². The van der Waals surface area contributed by atoms with Gasteiger partial charge in [0.05, 0.1) is 31.8 Å². The fourth-order valence-corrected chi connectivity index (χ4v) is 2.25. The van der Waals surface area contributed by atoms with E-state index >= 15 is 0 Å². The molecule has 2 aliphatic rings. The lowest BCUT2D eigenvalue weighted by Crippen LogP contribution is -2.42. The van der Waals surface area contributed by atoms with E-state index in [9.17, 15) is 0 Å². The van der Waals surface area contributed by atoms with Crippen LogP contribution < -0.4 is 10.6 Å². The Balaban J connectivity index is 1.80. The average molecular weight is 254 g/mol. The van der Waals surface area contributed by atoms with Gasteiger partial charge in [-0.05, 0) is 12.1 Å². The number of ether oxygens (including phenoxy) is 2. The van der Waals surface area contributed by atoms with Gasteiger partial charge in [0, 0.05) is 19.1 Å². The number of hydrogen-bond donors (Lipinski definition) is 1. The Morgan fingerprint density at radius 1 is 1.33 bits per heavy atom. The zero-order chi connectivity index (χ0) is 12.6. The fraction of sp³-hybridized carbons (Fsp3) is 0.818. The second kappa shape index (κ2) is 4.49. The van der Waals surface area contributed by atoms with Gasteiger partial charge < -0.3 is 24.6 Å². The summed E-state index contributed by atoms with van der Waals surface area (Å²) < 4.78 is 16.1. The molecule has 3 heterocycles. The van der Waals surface area contributed by atoms with Crippen LogP contribution in [0.1, 0.15) is 12.8 Å². The van der Waals surface area contributed by atoms with E-state index in [1.54, 1.807) is 0 Å². The lowest BCUT2D eigenvalue weighted by atomic mass is 9.86. The largest absolute Gasteiger partial charge is 0.379 e. The van der Waals surface area contributed by atoms with E-state index in [-0.39, 0.29) is 11.5 Å². The van der Waals surface area contributed by atoms with Crippen molar-refractivity contribution in [2.45, 2.75) is 18.4 Å². The minimum absolute atomic E-state index is 0.101. The molecule has 0 spiro atoms. The van der Waals surface area contributed by atoms with Crippen LogP contribution in [0.3, 0.4) is 0 Å². The number of aromatic nitrogens is 2. The number of rotatable bonds is 2. The van der Waals surface area contributed by atoms with E-state index in [1.165, 1.54) is 0 Å². The molecule has 7 heteroatoms. The summed E-state index contributed by atoms with van der Waals surface area (Å²) in [6, 6.07) is -0.101. The van der Waals surface area contributed by atoms with Crippen LogP contribution in [-0.2, 0) is 14.9 Å². The van der Waals surface area contributed by atoms with Crippen LogP contribution in [0.15, 0.2) is 4.52 Å². The summed E-state index contributed by atoms with van der Waals surface area (Å²) in [6.07, 6.45) is 0. The number of anilines is 1. The molecule has 0 bridgehead atoms. The molecular weight excluding hydrogens is 236 g/mol. The van der Waals surface area contributed by atoms with Crippen LogP contribution in [0.25, 0.3) is 0 Å². The number of nitrogens with zero attached hydrogens (tertiary/aromatic N) is 3. The van der Waals surface area contributed by atoms with Gasteiger partial charge >= 0.3 is 0 Å². The van der Waals surface area contributed by atoms with Crippen molar-refractivity contribution < 1.29 is 14.0 Å². The Bertz CT molecular complexity index is 418. The minimum atomic E-state index is -0.377. The van der Waals surface area contributed by atoms with Crippen LogP contribution in [0.5, 0.6) is 0 Å². The number of nitrogens with two attached hydrogens (primary N) is 1. The van der Waals surface area contributed by atoms with Crippen molar-refractivity contribution in [1.29, 1.82) is 0 Å².